The van der Waals surface area contributed by atoms with E-state index >= 15 is 0 Å². The number of rotatable bonds is 5. The summed E-state index contributed by atoms with van der Waals surface area (Å²) in [6.45, 7) is 1.72. The summed E-state index contributed by atoms with van der Waals surface area (Å²) in [4.78, 5) is 13.9. The molecule has 11 heteroatoms. The molecule has 2 aromatic heterocycles. The summed E-state index contributed by atoms with van der Waals surface area (Å²) < 4.78 is 57.1. The average Bonchev–Trinajstić information content (AvgIpc) is 3.28. The number of anilines is 1. The van der Waals surface area contributed by atoms with E-state index in [1.165, 1.54) is 6.33 Å². The molecule has 2 saturated carbocycles. The maximum Gasteiger partial charge on any atom is 0.280 e. The van der Waals surface area contributed by atoms with Crippen LogP contribution in [0.2, 0.25) is 0 Å². The molecule has 2 aliphatic carbocycles. The Labute approximate surface area is 174 Å². The van der Waals surface area contributed by atoms with Crippen molar-refractivity contribution in [2.75, 3.05) is 31.1 Å². The molecule has 3 aliphatic rings. The van der Waals surface area contributed by atoms with Gasteiger partial charge in [0, 0.05) is 45.2 Å². The number of aromatic amines is 1. The number of nitrogens with zero attached hydrogens (tertiary/aromatic N) is 4. The number of piperazine rings is 1. The zero-order valence-electron chi connectivity index (χ0n) is 16.6. The van der Waals surface area contributed by atoms with Crippen LogP contribution in [0.4, 0.5) is 14.6 Å². The van der Waals surface area contributed by atoms with Gasteiger partial charge in [-0.2, -0.15) is 12.7 Å². The molecule has 0 bridgehead atoms. The molecule has 1 aliphatic heterocycles. The second-order valence-corrected chi connectivity index (χ2v) is 10.5. The van der Waals surface area contributed by atoms with E-state index in [9.17, 15) is 17.2 Å². The van der Waals surface area contributed by atoms with Crippen molar-refractivity contribution in [1.29, 1.82) is 0 Å². The fourth-order valence-electron chi connectivity index (χ4n) is 4.79. The second kappa shape index (κ2) is 7.10. The molecule has 2 N–H and O–H groups in total. The topological polar surface area (TPSA) is 94.2 Å². The van der Waals surface area contributed by atoms with Crippen LogP contribution in [0.5, 0.6) is 0 Å². The van der Waals surface area contributed by atoms with Gasteiger partial charge in [0.05, 0.1) is 10.9 Å². The standard InChI is InChI=1S/C19H26F2N6O2S/c20-19(21)4-1-14(2-5-19)11-25-30(28,29)27-10-9-26(12-18(27)6-7-18)17-15-3-8-22-16(15)23-13-24-17/h3,8,13-14,25H,1-2,4-7,9-12H2,(H,22,23,24). The van der Waals surface area contributed by atoms with Crippen LogP contribution in [0.1, 0.15) is 38.5 Å². The molecule has 0 atom stereocenters. The Hall–Kier alpha value is -1.85. The highest BCUT2D eigenvalue weighted by Crippen LogP contribution is 2.46. The van der Waals surface area contributed by atoms with E-state index in [0.29, 0.717) is 32.5 Å². The highest BCUT2D eigenvalue weighted by Gasteiger charge is 2.56. The number of H-pyrrole nitrogens is 1. The van der Waals surface area contributed by atoms with Crippen molar-refractivity contribution in [3.8, 4) is 0 Å². The minimum Gasteiger partial charge on any atom is -0.353 e. The summed E-state index contributed by atoms with van der Waals surface area (Å²) in [6.07, 6.45) is 5.35. The minimum atomic E-state index is -3.66. The van der Waals surface area contributed by atoms with E-state index < -0.39 is 21.7 Å². The number of hydrogen-bond acceptors (Lipinski definition) is 5. The van der Waals surface area contributed by atoms with Crippen molar-refractivity contribution in [3.05, 3.63) is 18.6 Å². The van der Waals surface area contributed by atoms with E-state index in [4.69, 9.17) is 0 Å². The van der Waals surface area contributed by atoms with Crippen molar-refractivity contribution < 1.29 is 17.2 Å². The summed E-state index contributed by atoms with van der Waals surface area (Å²) in [6, 6.07) is 1.93. The van der Waals surface area contributed by atoms with Crippen LogP contribution in [-0.4, -0.2) is 65.3 Å². The van der Waals surface area contributed by atoms with Crippen LogP contribution >= 0.6 is 0 Å². The van der Waals surface area contributed by atoms with Gasteiger partial charge in [-0.25, -0.2) is 23.5 Å². The predicted molar refractivity (Wildman–Crippen MR) is 109 cm³/mol. The molecule has 164 valence electrons. The molecular weight excluding hydrogens is 414 g/mol. The molecule has 1 spiro atoms. The lowest BCUT2D eigenvalue weighted by Crippen LogP contribution is -2.60. The van der Waals surface area contributed by atoms with Gasteiger partial charge < -0.3 is 9.88 Å². The van der Waals surface area contributed by atoms with Gasteiger partial charge in [-0.3, -0.25) is 0 Å². The molecule has 3 fully saturated rings. The molecule has 30 heavy (non-hydrogen) atoms. The molecule has 5 rings (SSSR count). The Bertz CT molecular complexity index is 1030. The van der Waals surface area contributed by atoms with Gasteiger partial charge in [0.25, 0.3) is 10.2 Å². The molecule has 0 aromatic carbocycles. The van der Waals surface area contributed by atoms with E-state index in [1.807, 2.05) is 12.3 Å². The lowest BCUT2D eigenvalue weighted by Gasteiger charge is -2.42. The van der Waals surface area contributed by atoms with Crippen LogP contribution in [0, 0.1) is 5.92 Å². The lowest BCUT2D eigenvalue weighted by atomic mass is 9.87. The minimum absolute atomic E-state index is 0.0289. The quantitative estimate of drug-likeness (QED) is 0.744. The third kappa shape index (κ3) is 3.67. The third-order valence-electron chi connectivity index (χ3n) is 6.73. The summed E-state index contributed by atoms with van der Waals surface area (Å²) in [5, 5.41) is 0.928. The largest absolute Gasteiger partial charge is 0.353 e. The number of hydrogen-bond donors (Lipinski definition) is 2. The summed E-state index contributed by atoms with van der Waals surface area (Å²) in [5.41, 5.74) is 0.344. The number of alkyl halides is 2. The fourth-order valence-corrected chi connectivity index (χ4v) is 6.46. The Balaban J connectivity index is 1.26. The summed E-state index contributed by atoms with van der Waals surface area (Å²) >= 11 is 0. The van der Waals surface area contributed by atoms with Gasteiger partial charge in [-0.05, 0) is 37.7 Å². The van der Waals surface area contributed by atoms with Crippen molar-refractivity contribution in [1.82, 2.24) is 24.0 Å². The van der Waals surface area contributed by atoms with Gasteiger partial charge in [-0.15, -0.1) is 0 Å². The Morgan fingerprint density at radius 1 is 1.17 bits per heavy atom. The normalized spacial score (nSPS) is 24.5. The highest BCUT2D eigenvalue weighted by atomic mass is 32.2. The van der Waals surface area contributed by atoms with Crippen LogP contribution in [0.15, 0.2) is 18.6 Å². The smallest absolute Gasteiger partial charge is 0.280 e. The van der Waals surface area contributed by atoms with Crippen molar-refractivity contribution in [2.24, 2.45) is 5.92 Å². The first-order chi connectivity index (χ1) is 14.3. The number of nitrogens with one attached hydrogen (secondary N) is 2. The molecule has 1 saturated heterocycles. The Kier molecular flexibility index (Phi) is 4.75. The van der Waals surface area contributed by atoms with Crippen LogP contribution < -0.4 is 9.62 Å². The van der Waals surface area contributed by atoms with Gasteiger partial charge in [0.2, 0.25) is 5.92 Å². The first kappa shape index (κ1) is 20.1. The molecule has 3 heterocycles. The molecule has 0 radical (unpaired) electrons. The fraction of sp³-hybridized carbons (Fsp3) is 0.684. The van der Waals surface area contributed by atoms with Gasteiger partial charge >= 0.3 is 0 Å². The van der Waals surface area contributed by atoms with Gasteiger partial charge in [0.1, 0.15) is 17.8 Å². The van der Waals surface area contributed by atoms with Gasteiger partial charge in [0.15, 0.2) is 0 Å². The van der Waals surface area contributed by atoms with Crippen LogP contribution in [-0.2, 0) is 10.2 Å². The average molecular weight is 441 g/mol. The van der Waals surface area contributed by atoms with Crippen molar-refractivity contribution in [3.63, 3.8) is 0 Å². The number of aromatic nitrogens is 3. The van der Waals surface area contributed by atoms with Crippen LogP contribution in [0.25, 0.3) is 11.0 Å². The van der Waals surface area contributed by atoms with E-state index in [2.05, 4.69) is 24.6 Å². The number of fused-ring (bicyclic) bond motifs is 1. The van der Waals surface area contributed by atoms with Crippen molar-refractivity contribution >= 4 is 27.1 Å². The van der Waals surface area contributed by atoms with Gasteiger partial charge in [-0.1, -0.05) is 0 Å². The second-order valence-electron chi connectivity index (χ2n) is 8.81. The number of halogens is 2. The molecular formula is C19H26F2N6O2S. The molecule has 2 aromatic rings. The molecule has 0 amide bonds. The zero-order valence-corrected chi connectivity index (χ0v) is 17.5. The molecule has 8 nitrogen and oxygen atoms in total. The van der Waals surface area contributed by atoms with Crippen LogP contribution in [0.3, 0.4) is 0 Å². The summed E-state index contributed by atoms with van der Waals surface area (Å²) in [7, 11) is -3.66. The van der Waals surface area contributed by atoms with E-state index in [0.717, 1.165) is 29.7 Å². The monoisotopic (exact) mass is 440 g/mol. The third-order valence-corrected chi connectivity index (χ3v) is 8.41. The Morgan fingerprint density at radius 3 is 2.67 bits per heavy atom. The Morgan fingerprint density at radius 2 is 1.93 bits per heavy atom. The molecule has 0 unspecified atom stereocenters. The summed E-state index contributed by atoms with van der Waals surface area (Å²) in [5.74, 6) is -1.81. The highest BCUT2D eigenvalue weighted by molar-refractivity contribution is 7.87. The zero-order chi connectivity index (χ0) is 21.0. The first-order valence-electron chi connectivity index (χ1n) is 10.5. The van der Waals surface area contributed by atoms with E-state index in [-0.39, 0.29) is 25.3 Å². The maximum absolute atomic E-state index is 13.3. The SMILES string of the molecule is O=S(=O)(NCC1CCC(F)(F)CC1)N1CCN(c2ncnc3[nH]ccc23)CC12CC2. The first-order valence-corrected chi connectivity index (χ1v) is 11.9. The lowest BCUT2D eigenvalue weighted by molar-refractivity contribution is -0.0450. The maximum atomic E-state index is 13.3. The van der Waals surface area contributed by atoms with E-state index in [1.54, 1.807) is 4.31 Å². The van der Waals surface area contributed by atoms with Crippen molar-refractivity contribution in [2.45, 2.75) is 50.0 Å². The predicted octanol–water partition coefficient (Wildman–Crippen LogP) is 2.27.